The van der Waals surface area contributed by atoms with Crippen LogP contribution in [0, 0.1) is 0 Å². The van der Waals surface area contributed by atoms with E-state index in [-0.39, 0.29) is 0 Å². The summed E-state index contributed by atoms with van der Waals surface area (Å²) in [5.74, 6) is 0. The Labute approximate surface area is 263 Å². The Bertz CT molecular complexity index is 2370. The van der Waals surface area contributed by atoms with E-state index < -0.39 is 27.7 Å². The second-order valence-electron chi connectivity index (χ2n) is 12.6. The highest BCUT2D eigenvalue weighted by molar-refractivity contribution is 7.92. The molecular formula is C38H26O4S2Si. The summed E-state index contributed by atoms with van der Waals surface area (Å²) in [7, 11) is -9.27. The van der Waals surface area contributed by atoms with Gasteiger partial charge in [0.15, 0.2) is 0 Å². The van der Waals surface area contributed by atoms with E-state index in [4.69, 9.17) is 0 Å². The molecular weight excluding hydrogens is 613 g/mol. The van der Waals surface area contributed by atoms with Crippen LogP contribution in [0.4, 0.5) is 0 Å². The van der Waals surface area contributed by atoms with Crippen molar-refractivity contribution in [3.8, 4) is 55.6 Å². The van der Waals surface area contributed by atoms with E-state index in [9.17, 15) is 16.8 Å². The van der Waals surface area contributed by atoms with E-state index in [1.54, 1.807) is 24.3 Å². The number of hydrogen-bond acceptors (Lipinski definition) is 4. The molecule has 7 heteroatoms. The summed E-state index contributed by atoms with van der Waals surface area (Å²) >= 11 is 0. The average Bonchev–Trinajstić information content (AvgIpc) is 3.53. The van der Waals surface area contributed by atoms with Crippen LogP contribution in [0.3, 0.4) is 0 Å². The van der Waals surface area contributed by atoms with Crippen molar-refractivity contribution in [2.75, 3.05) is 0 Å². The van der Waals surface area contributed by atoms with Gasteiger partial charge in [0.2, 0.25) is 19.7 Å². The first kappa shape index (κ1) is 26.8. The molecule has 0 unspecified atom stereocenters. The van der Waals surface area contributed by atoms with E-state index >= 15 is 0 Å². The molecule has 0 fully saturated rings. The van der Waals surface area contributed by atoms with Crippen molar-refractivity contribution in [3.05, 3.63) is 121 Å². The molecule has 0 radical (unpaired) electrons. The monoisotopic (exact) mass is 638 g/mol. The van der Waals surface area contributed by atoms with Crippen LogP contribution in [0.2, 0.25) is 13.1 Å². The Balaban J connectivity index is 1.11. The van der Waals surface area contributed by atoms with Crippen LogP contribution in [-0.4, -0.2) is 24.9 Å². The minimum Gasteiger partial charge on any atom is -0.218 e. The zero-order chi connectivity index (χ0) is 30.9. The third-order valence-corrected chi connectivity index (χ3v) is 17.0. The third kappa shape index (κ3) is 3.51. The number of sulfone groups is 2. The molecule has 0 aliphatic carbocycles. The highest BCUT2D eigenvalue weighted by Gasteiger charge is 2.39. The highest BCUT2D eigenvalue weighted by Crippen LogP contribution is 2.46. The van der Waals surface area contributed by atoms with Crippen LogP contribution in [0.15, 0.2) is 141 Å². The zero-order valence-electron chi connectivity index (χ0n) is 24.5. The van der Waals surface area contributed by atoms with Gasteiger partial charge < -0.3 is 0 Å². The summed E-state index contributed by atoms with van der Waals surface area (Å²) in [6, 6.07) is 38.9. The SMILES string of the molecule is C[Si]1(C)c2cc(-c3ccc4c(c3)S(=O)(=O)c3ccccc3-4)ccc2-c2ccc(-c3ccc4c(c3)S(=O)(=O)c3ccccc3-4)cc21. The summed E-state index contributed by atoms with van der Waals surface area (Å²) < 4.78 is 53.5. The average molecular weight is 639 g/mol. The number of hydrogen-bond donors (Lipinski definition) is 0. The van der Waals surface area contributed by atoms with Crippen molar-refractivity contribution >= 4 is 38.1 Å². The molecule has 45 heavy (non-hydrogen) atoms. The topological polar surface area (TPSA) is 68.3 Å². The van der Waals surface area contributed by atoms with Gasteiger partial charge in [-0.1, -0.05) is 110 Å². The molecule has 0 aromatic heterocycles. The minimum atomic E-state index is -3.56. The largest absolute Gasteiger partial charge is 0.218 e. The molecule has 4 nitrogen and oxygen atoms in total. The molecule has 218 valence electrons. The lowest BCUT2D eigenvalue weighted by Crippen LogP contribution is -2.49. The maximum Gasteiger partial charge on any atom is 0.207 e. The van der Waals surface area contributed by atoms with Gasteiger partial charge in [-0.25, -0.2) is 16.8 Å². The summed E-state index contributed by atoms with van der Waals surface area (Å²) in [6.07, 6.45) is 0. The lowest BCUT2D eigenvalue weighted by atomic mass is 9.96. The molecule has 0 N–H and O–H groups in total. The van der Waals surface area contributed by atoms with Gasteiger partial charge in [0, 0.05) is 22.3 Å². The second-order valence-corrected chi connectivity index (χ2v) is 20.7. The zero-order valence-corrected chi connectivity index (χ0v) is 27.1. The van der Waals surface area contributed by atoms with Crippen molar-refractivity contribution in [1.29, 1.82) is 0 Å². The minimum absolute atomic E-state index is 0.366. The lowest BCUT2D eigenvalue weighted by Gasteiger charge is -2.20. The number of rotatable bonds is 2. The predicted octanol–water partition coefficient (Wildman–Crippen LogP) is 7.45. The van der Waals surface area contributed by atoms with Gasteiger partial charge in [-0.3, -0.25) is 0 Å². The van der Waals surface area contributed by atoms with Crippen LogP contribution in [-0.2, 0) is 19.7 Å². The number of benzene rings is 6. The van der Waals surface area contributed by atoms with Crippen molar-refractivity contribution < 1.29 is 16.8 Å². The van der Waals surface area contributed by atoms with Crippen molar-refractivity contribution in [3.63, 3.8) is 0 Å². The molecule has 3 aliphatic heterocycles. The fourth-order valence-electron chi connectivity index (χ4n) is 7.47. The Morgan fingerprint density at radius 3 is 1.13 bits per heavy atom. The summed E-state index contributed by atoms with van der Waals surface area (Å²) in [5, 5.41) is 2.62. The fraction of sp³-hybridized carbons (Fsp3) is 0.0526. The maximum atomic E-state index is 13.4. The van der Waals surface area contributed by atoms with Crippen molar-refractivity contribution in [2.45, 2.75) is 32.7 Å². The first-order valence-corrected chi connectivity index (χ1v) is 20.8. The van der Waals surface area contributed by atoms with Gasteiger partial charge in [-0.05, 0) is 68.0 Å². The maximum absolute atomic E-state index is 13.4. The Morgan fingerprint density at radius 1 is 0.378 bits per heavy atom. The van der Waals surface area contributed by atoms with E-state index in [1.807, 2.05) is 60.7 Å². The molecule has 0 saturated heterocycles. The normalized spacial score (nSPS) is 16.7. The quantitative estimate of drug-likeness (QED) is 0.185. The molecule has 3 heterocycles. The molecule has 0 spiro atoms. The van der Waals surface area contributed by atoms with Crippen LogP contribution >= 0.6 is 0 Å². The smallest absolute Gasteiger partial charge is 0.207 e. The van der Waals surface area contributed by atoms with E-state index in [0.29, 0.717) is 19.6 Å². The van der Waals surface area contributed by atoms with Crippen molar-refractivity contribution in [2.24, 2.45) is 0 Å². The highest BCUT2D eigenvalue weighted by atomic mass is 32.2. The third-order valence-electron chi connectivity index (χ3n) is 9.82. The lowest BCUT2D eigenvalue weighted by molar-refractivity contribution is 0.597. The van der Waals surface area contributed by atoms with Gasteiger partial charge in [-0.2, -0.15) is 0 Å². The predicted molar refractivity (Wildman–Crippen MR) is 181 cm³/mol. The van der Waals surface area contributed by atoms with Crippen LogP contribution in [0.1, 0.15) is 0 Å². The molecule has 0 amide bonds. The summed E-state index contributed by atoms with van der Waals surface area (Å²) in [6.45, 7) is 4.69. The molecule has 9 rings (SSSR count). The first-order chi connectivity index (χ1) is 21.6. The molecule has 3 aliphatic rings. The standard InChI is InChI=1S/C38H26O4S2Si/c1-45(2)37-21-25(23-11-15-29-27-7-3-5-9-33(27)43(39,40)35(29)19-23)13-17-31(37)32-18-14-26(22-38(32)45)24-12-16-30-28-8-4-6-10-34(28)44(41,42)36(30)20-24/h3-22H,1-2H3. The first-order valence-electron chi connectivity index (χ1n) is 14.8. The second kappa shape index (κ2) is 8.79. The van der Waals surface area contributed by atoms with E-state index in [0.717, 1.165) is 44.5 Å². The fourth-order valence-corrected chi connectivity index (χ4v) is 14.0. The van der Waals surface area contributed by atoms with Gasteiger partial charge in [0.1, 0.15) is 8.07 Å². The molecule has 0 atom stereocenters. The van der Waals surface area contributed by atoms with Gasteiger partial charge in [0.25, 0.3) is 0 Å². The van der Waals surface area contributed by atoms with Crippen LogP contribution in [0.25, 0.3) is 55.6 Å². The molecule has 6 aromatic carbocycles. The molecule has 0 saturated carbocycles. The van der Waals surface area contributed by atoms with E-state index in [1.165, 1.54) is 21.5 Å². The van der Waals surface area contributed by atoms with Gasteiger partial charge >= 0.3 is 0 Å². The van der Waals surface area contributed by atoms with Gasteiger partial charge in [-0.15, -0.1) is 0 Å². The van der Waals surface area contributed by atoms with E-state index in [2.05, 4.69) is 49.5 Å². The Kier molecular flexibility index (Phi) is 5.23. The molecule has 0 bridgehead atoms. The van der Waals surface area contributed by atoms with Crippen molar-refractivity contribution in [1.82, 2.24) is 0 Å². The summed E-state index contributed by atoms with van der Waals surface area (Å²) in [4.78, 5) is 1.48. The summed E-state index contributed by atoms with van der Waals surface area (Å²) in [5.41, 5.74) is 9.23. The Hall–Kier alpha value is -4.56. The number of fused-ring (bicyclic) bond motifs is 9. The molecule has 6 aromatic rings. The van der Waals surface area contributed by atoms with Gasteiger partial charge in [0.05, 0.1) is 19.6 Å². The van der Waals surface area contributed by atoms with Crippen LogP contribution in [0.5, 0.6) is 0 Å². The Morgan fingerprint density at radius 2 is 0.711 bits per heavy atom. The van der Waals surface area contributed by atoms with Crippen LogP contribution < -0.4 is 10.4 Å².